The Hall–Kier alpha value is -3.69. The van der Waals surface area contributed by atoms with Crippen LogP contribution < -0.4 is 15.6 Å². The third kappa shape index (κ3) is 5.02. The molecule has 0 saturated carbocycles. The van der Waals surface area contributed by atoms with Crippen molar-refractivity contribution in [3.05, 3.63) is 93.9 Å². The molecule has 0 spiro atoms. The van der Waals surface area contributed by atoms with Crippen LogP contribution in [0.25, 0.3) is 0 Å². The number of halogens is 4. The van der Waals surface area contributed by atoms with Gasteiger partial charge in [-0.3, -0.25) is 14.6 Å². The molecule has 10 heteroatoms. The number of aromatic nitrogens is 2. The molecule has 0 radical (unpaired) electrons. The van der Waals surface area contributed by atoms with E-state index in [0.717, 1.165) is 12.1 Å². The van der Waals surface area contributed by atoms with Gasteiger partial charge in [-0.2, -0.15) is 0 Å². The fourth-order valence-corrected chi connectivity index (χ4v) is 2.72. The SMILES string of the molecule is Cn1cc(C(=O)NC(c2ccc(OC(F)(F)F)c(F)c2)c2ccccn2)ccc1=O. The molecule has 156 valence electrons. The van der Waals surface area contributed by atoms with Gasteiger partial charge in [0.25, 0.3) is 5.91 Å². The Bertz CT molecular complexity index is 1110. The van der Waals surface area contributed by atoms with Gasteiger partial charge >= 0.3 is 6.36 Å². The second-order valence-corrected chi connectivity index (χ2v) is 6.27. The number of pyridine rings is 2. The average Bonchev–Trinajstić information content (AvgIpc) is 2.69. The number of alkyl halides is 3. The number of benzene rings is 1. The standard InChI is InChI=1S/C20H15F4N3O3/c1-27-11-13(6-8-17(27)28)19(29)26-18(15-4-2-3-9-25-15)12-5-7-16(14(21)10-12)30-20(22,23)24/h2-11,18H,1H3,(H,26,29). The van der Waals surface area contributed by atoms with Crippen molar-refractivity contribution in [2.45, 2.75) is 12.4 Å². The van der Waals surface area contributed by atoms with Gasteiger partial charge in [0.2, 0.25) is 5.56 Å². The third-order valence-electron chi connectivity index (χ3n) is 4.12. The summed E-state index contributed by atoms with van der Waals surface area (Å²) in [7, 11) is 1.48. The Morgan fingerprint density at radius 2 is 1.93 bits per heavy atom. The van der Waals surface area contributed by atoms with Crippen LogP contribution in [0.2, 0.25) is 0 Å². The molecule has 0 saturated heterocycles. The zero-order chi connectivity index (χ0) is 21.9. The molecule has 1 aromatic carbocycles. The molecule has 0 aliphatic carbocycles. The first-order chi connectivity index (χ1) is 14.1. The van der Waals surface area contributed by atoms with Crippen molar-refractivity contribution in [2.24, 2.45) is 7.05 Å². The Labute approximate surface area is 167 Å². The number of ether oxygens (including phenoxy) is 1. The van der Waals surface area contributed by atoms with E-state index in [4.69, 9.17) is 0 Å². The molecule has 3 rings (SSSR count). The van der Waals surface area contributed by atoms with Crippen LogP contribution in [-0.2, 0) is 7.05 Å². The Morgan fingerprint density at radius 1 is 1.17 bits per heavy atom. The Morgan fingerprint density at radius 3 is 2.53 bits per heavy atom. The van der Waals surface area contributed by atoms with Gasteiger partial charge in [0.05, 0.1) is 17.3 Å². The van der Waals surface area contributed by atoms with Crippen molar-refractivity contribution < 1.29 is 27.1 Å². The van der Waals surface area contributed by atoms with E-state index in [1.807, 2.05) is 0 Å². The van der Waals surface area contributed by atoms with Crippen LogP contribution in [0.3, 0.4) is 0 Å². The molecule has 1 amide bonds. The Kier molecular flexibility index (Phi) is 5.86. The van der Waals surface area contributed by atoms with Crippen LogP contribution in [0.4, 0.5) is 17.6 Å². The minimum Gasteiger partial charge on any atom is -0.403 e. The number of nitrogens with zero attached hydrogens (tertiary/aromatic N) is 2. The molecule has 0 fully saturated rings. The summed E-state index contributed by atoms with van der Waals surface area (Å²) >= 11 is 0. The van der Waals surface area contributed by atoms with Gasteiger partial charge in [-0.05, 0) is 35.9 Å². The summed E-state index contributed by atoms with van der Waals surface area (Å²) in [5.74, 6) is -2.82. The molecule has 3 aromatic rings. The van der Waals surface area contributed by atoms with Crippen LogP contribution in [0, 0.1) is 5.82 Å². The molecule has 1 N–H and O–H groups in total. The minimum absolute atomic E-state index is 0.152. The largest absolute Gasteiger partial charge is 0.573 e. The smallest absolute Gasteiger partial charge is 0.403 e. The maximum atomic E-state index is 14.2. The first-order valence-electron chi connectivity index (χ1n) is 8.58. The van der Waals surface area contributed by atoms with E-state index in [2.05, 4.69) is 15.0 Å². The maximum Gasteiger partial charge on any atom is 0.573 e. The van der Waals surface area contributed by atoms with Crippen LogP contribution in [0.1, 0.15) is 27.7 Å². The summed E-state index contributed by atoms with van der Waals surface area (Å²) in [4.78, 5) is 28.3. The molecule has 0 aliphatic heterocycles. The van der Waals surface area contributed by atoms with Gasteiger partial charge in [-0.15, -0.1) is 13.2 Å². The van der Waals surface area contributed by atoms with Gasteiger partial charge in [-0.1, -0.05) is 12.1 Å². The highest BCUT2D eigenvalue weighted by atomic mass is 19.4. The highest BCUT2D eigenvalue weighted by molar-refractivity contribution is 5.94. The summed E-state index contributed by atoms with van der Waals surface area (Å²) in [5.41, 5.74) is 0.337. The molecule has 2 heterocycles. The highest BCUT2D eigenvalue weighted by Crippen LogP contribution is 2.29. The zero-order valence-electron chi connectivity index (χ0n) is 15.5. The molecule has 1 unspecified atom stereocenters. The second-order valence-electron chi connectivity index (χ2n) is 6.27. The summed E-state index contributed by atoms with van der Waals surface area (Å²) in [6.07, 6.45) is -2.26. The number of amides is 1. The van der Waals surface area contributed by atoms with Crippen LogP contribution in [0.15, 0.2) is 65.7 Å². The lowest BCUT2D eigenvalue weighted by Crippen LogP contribution is -2.31. The van der Waals surface area contributed by atoms with Crippen molar-refractivity contribution >= 4 is 5.91 Å². The van der Waals surface area contributed by atoms with Crippen molar-refractivity contribution in [1.29, 1.82) is 0 Å². The quantitative estimate of drug-likeness (QED) is 0.642. The van der Waals surface area contributed by atoms with Gasteiger partial charge < -0.3 is 14.6 Å². The molecule has 30 heavy (non-hydrogen) atoms. The van der Waals surface area contributed by atoms with Crippen molar-refractivity contribution in [1.82, 2.24) is 14.9 Å². The summed E-state index contributed by atoms with van der Waals surface area (Å²) in [5, 5.41) is 2.66. The second kappa shape index (κ2) is 8.36. The molecule has 2 aromatic heterocycles. The number of rotatable bonds is 5. The van der Waals surface area contributed by atoms with Crippen LogP contribution in [-0.4, -0.2) is 21.8 Å². The summed E-state index contributed by atoms with van der Waals surface area (Å²) in [6, 6.07) is 9.29. The molecule has 0 aliphatic rings. The van der Waals surface area contributed by atoms with Crippen LogP contribution >= 0.6 is 0 Å². The summed E-state index contributed by atoms with van der Waals surface area (Å²) < 4.78 is 56.2. The fraction of sp³-hybridized carbons (Fsp3) is 0.150. The van der Waals surface area contributed by atoms with E-state index in [9.17, 15) is 27.2 Å². The number of hydrogen-bond acceptors (Lipinski definition) is 4. The van der Waals surface area contributed by atoms with E-state index in [1.165, 1.54) is 42.2 Å². The molecule has 1 atom stereocenters. The number of carbonyl (C=O) groups is 1. The maximum absolute atomic E-state index is 14.2. The van der Waals surface area contributed by atoms with Gasteiger partial charge in [0, 0.05) is 25.5 Å². The predicted molar refractivity (Wildman–Crippen MR) is 98.3 cm³/mol. The molecular formula is C20H15F4N3O3. The zero-order valence-corrected chi connectivity index (χ0v) is 15.5. The molecule has 0 bridgehead atoms. The minimum atomic E-state index is -5.04. The normalized spacial score (nSPS) is 12.3. The highest BCUT2D eigenvalue weighted by Gasteiger charge is 2.32. The number of hydrogen-bond donors (Lipinski definition) is 1. The number of carbonyl (C=O) groups excluding carboxylic acids is 1. The van der Waals surface area contributed by atoms with Gasteiger partial charge in [-0.25, -0.2) is 4.39 Å². The van der Waals surface area contributed by atoms with Gasteiger partial charge in [0.1, 0.15) is 0 Å². The average molecular weight is 421 g/mol. The Balaban J connectivity index is 1.96. The van der Waals surface area contributed by atoms with Gasteiger partial charge in [0.15, 0.2) is 11.6 Å². The lowest BCUT2D eigenvalue weighted by Gasteiger charge is -2.20. The van der Waals surface area contributed by atoms with Crippen molar-refractivity contribution in [3.63, 3.8) is 0 Å². The molecular weight excluding hydrogens is 406 g/mol. The van der Waals surface area contributed by atoms with E-state index in [0.29, 0.717) is 5.69 Å². The number of aryl methyl sites for hydroxylation is 1. The van der Waals surface area contributed by atoms with Crippen molar-refractivity contribution in [3.8, 4) is 5.75 Å². The van der Waals surface area contributed by atoms with Crippen LogP contribution in [0.5, 0.6) is 5.75 Å². The fourth-order valence-electron chi connectivity index (χ4n) is 2.72. The predicted octanol–water partition coefficient (Wildman–Crippen LogP) is 3.34. The van der Waals surface area contributed by atoms with E-state index >= 15 is 0 Å². The lowest BCUT2D eigenvalue weighted by molar-refractivity contribution is -0.275. The monoisotopic (exact) mass is 421 g/mol. The first kappa shape index (κ1) is 21.0. The number of nitrogens with one attached hydrogen (secondary N) is 1. The van der Waals surface area contributed by atoms with Crippen molar-refractivity contribution in [2.75, 3.05) is 0 Å². The lowest BCUT2D eigenvalue weighted by atomic mass is 10.0. The topological polar surface area (TPSA) is 73.2 Å². The molecule has 6 nitrogen and oxygen atoms in total. The van der Waals surface area contributed by atoms with E-state index < -0.39 is 29.9 Å². The summed E-state index contributed by atoms with van der Waals surface area (Å²) in [6.45, 7) is 0. The first-order valence-corrected chi connectivity index (χ1v) is 8.58. The van der Waals surface area contributed by atoms with E-state index in [1.54, 1.807) is 18.2 Å². The third-order valence-corrected chi connectivity index (χ3v) is 4.12. The van der Waals surface area contributed by atoms with E-state index in [-0.39, 0.29) is 16.7 Å².